The van der Waals surface area contributed by atoms with E-state index in [4.69, 9.17) is 40.3 Å². The Morgan fingerprint density at radius 3 is 1.85 bits per heavy atom. The number of hydrogen-bond donors (Lipinski definition) is 12. The number of aliphatic hydroxyl groups excluding tert-OH is 8. The van der Waals surface area contributed by atoms with E-state index in [1.54, 1.807) is 6.92 Å². The molecule has 3 fully saturated rings. The highest BCUT2D eigenvalue weighted by atomic mass is 16.7. The summed E-state index contributed by atoms with van der Waals surface area (Å²) in [5.74, 6) is -1.30. The summed E-state index contributed by atoms with van der Waals surface area (Å²) in [7, 11) is 0. The van der Waals surface area contributed by atoms with Gasteiger partial charge in [0, 0.05) is 6.08 Å². The fourth-order valence-corrected chi connectivity index (χ4v) is 5.03. The Bertz CT molecular complexity index is 868. The molecule has 3 aliphatic heterocycles. The molecule has 0 aliphatic carbocycles. The fourth-order valence-electron chi connectivity index (χ4n) is 5.03. The van der Waals surface area contributed by atoms with Crippen LogP contribution in [0, 0.1) is 0 Å². The van der Waals surface area contributed by atoms with Crippen molar-refractivity contribution in [2.45, 2.75) is 105 Å². The Morgan fingerprint density at radius 1 is 0.829 bits per heavy atom. The lowest BCUT2D eigenvalue weighted by Gasteiger charge is -2.49. The van der Waals surface area contributed by atoms with Crippen molar-refractivity contribution in [2.75, 3.05) is 19.8 Å². The van der Waals surface area contributed by atoms with E-state index in [1.807, 2.05) is 0 Å². The van der Waals surface area contributed by atoms with E-state index in [9.17, 15) is 45.6 Å². The third kappa shape index (κ3) is 7.75. The lowest BCUT2D eigenvalue weighted by Crippen LogP contribution is -2.69. The molecule has 0 aromatic carbocycles. The van der Waals surface area contributed by atoms with Crippen molar-refractivity contribution in [1.82, 2.24) is 5.32 Å². The third-order valence-electron chi connectivity index (χ3n) is 7.34. The van der Waals surface area contributed by atoms with E-state index in [1.165, 1.54) is 0 Å². The molecule has 18 nitrogen and oxygen atoms in total. The normalized spacial score (nSPS) is 46.5. The van der Waals surface area contributed by atoms with Gasteiger partial charge in [-0.3, -0.25) is 5.32 Å². The van der Waals surface area contributed by atoms with E-state index < -0.39 is 124 Å². The number of aliphatic hydroxyl groups is 8. The lowest BCUT2D eigenvalue weighted by molar-refractivity contribution is -0.343. The molecule has 0 aromatic heterocycles. The van der Waals surface area contributed by atoms with Gasteiger partial charge in [0.1, 0.15) is 61.2 Å². The van der Waals surface area contributed by atoms with Gasteiger partial charge >= 0.3 is 5.97 Å². The van der Waals surface area contributed by atoms with E-state index in [0.717, 1.165) is 6.08 Å². The maximum Gasteiger partial charge on any atom is 0.328 e. The molecule has 7 unspecified atom stereocenters. The molecule has 3 rings (SSSR count). The molecule has 238 valence electrons. The summed E-state index contributed by atoms with van der Waals surface area (Å²) in [5.41, 5.74) is 12.1. The number of nitrogens with two attached hydrogens (primary N) is 2. The number of nitrogens with one attached hydrogen (secondary N) is 1. The van der Waals surface area contributed by atoms with Crippen LogP contribution in [0.5, 0.6) is 0 Å². The molecule has 0 saturated carbocycles. The van der Waals surface area contributed by atoms with Crippen LogP contribution < -0.4 is 16.8 Å². The van der Waals surface area contributed by atoms with Crippen LogP contribution in [0.1, 0.15) is 6.92 Å². The van der Waals surface area contributed by atoms with Crippen molar-refractivity contribution >= 4 is 5.97 Å². The van der Waals surface area contributed by atoms with Gasteiger partial charge in [0.05, 0.1) is 44.1 Å². The molecule has 14 N–H and O–H groups in total. The van der Waals surface area contributed by atoms with Crippen molar-refractivity contribution in [3.63, 3.8) is 0 Å². The summed E-state index contributed by atoms with van der Waals surface area (Å²) in [6.07, 6.45) is -16.1. The van der Waals surface area contributed by atoms with Crippen LogP contribution >= 0.6 is 0 Å². The van der Waals surface area contributed by atoms with Gasteiger partial charge in [-0.05, 0) is 13.0 Å². The van der Waals surface area contributed by atoms with Crippen LogP contribution in [0.15, 0.2) is 12.2 Å². The van der Waals surface area contributed by atoms with Gasteiger partial charge in [0.15, 0.2) is 12.6 Å². The standard InChI is InChI=1S/C23H41N3O15/c1-7-15(26-11(30)2-3-12(31)32)19(36)21(9(5-28)37-7)41-23-14(25)18(35)20(10(6-29)39-23)40-22-13(24)17(34)16(33)8(4-27)38-22/h2-3,7-11,13-23,26-30,33-36H,4-6,24-25H2,1H3,(H,31,32)/t7-,8?,9?,10?,11?,13?,14?,15?,16+,17+,18+,19+,20+,21+,22-,23-/m0/s1. The summed E-state index contributed by atoms with van der Waals surface area (Å²) >= 11 is 0. The molecule has 3 aliphatic rings. The van der Waals surface area contributed by atoms with Crippen LogP contribution in [-0.4, -0.2) is 170 Å². The maximum atomic E-state index is 11.1. The van der Waals surface area contributed by atoms with Crippen molar-refractivity contribution in [2.24, 2.45) is 11.5 Å². The average molecular weight is 600 g/mol. The third-order valence-corrected chi connectivity index (χ3v) is 7.34. The Kier molecular flexibility index (Phi) is 12.3. The monoisotopic (exact) mass is 599 g/mol. The van der Waals surface area contributed by atoms with Crippen molar-refractivity contribution in [3.05, 3.63) is 12.2 Å². The smallest absolute Gasteiger partial charge is 0.328 e. The minimum atomic E-state index is -1.61. The molecular formula is C23H41N3O15. The van der Waals surface area contributed by atoms with Gasteiger partial charge in [-0.1, -0.05) is 0 Å². The second-order valence-electron chi connectivity index (χ2n) is 10.2. The second kappa shape index (κ2) is 14.8. The molecule has 41 heavy (non-hydrogen) atoms. The van der Waals surface area contributed by atoms with Crippen molar-refractivity contribution in [3.8, 4) is 0 Å². The van der Waals surface area contributed by atoms with Gasteiger partial charge in [0.2, 0.25) is 0 Å². The molecule has 16 atom stereocenters. The van der Waals surface area contributed by atoms with Gasteiger partial charge in [-0.15, -0.1) is 0 Å². The Labute approximate surface area is 234 Å². The van der Waals surface area contributed by atoms with E-state index in [2.05, 4.69) is 5.32 Å². The molecule has 0 spiro atoms. The molecule has 0 bridgehead atoms. The fraction of sp³-hybridized carbons (Fsp3) is 0.870. The largest absolute Gasteiger partial charge is 0.478 e. The topological polar surface area (TPSA) is 309 Å². The molecule has 0 radical (unpaired) electrons. The predicted octanol–water partition coefficient (Wildman–Crippen LogP) is -7.01. The first-order chi connectivity index (χ1) is 19.3. The molecule has 0 aromatic rings. The zero-order valence-corrected chi connectivity index (χ0v) is 22.1. The van der Waals surface area contributed by atoms with E-state index >= 15 is 0 Å². The highest BCUT2D eigenvalue weighted by Crippen LogP contribution is 2.31. The summed E-state index contributed by atoms with van der Waals surface area (Å²) < 4.78 is 28.4. The average Bonchev–Trinajstić information content (AvgIpc) is 2.94. The lowest BCUT2D eigenvalue weighted by atomic mass is 9.92. The van der Waals surface area contributed by atoms with E-state index in [0.29, 0.717) is 6.08 Å². The zero-order valence-electron chi connectivity index (χ0n) is 22.1. The molecular weight excluding hydrogens is 558 g/mol. The summed E-state index contributed by atoms with van der Waals surface area (Å²) in [5, 5.41) is 93.0. The quantitative estimate of drug-likeness (QED) is 0.0775. The minimum absolute atomic E-state index is 0.614. The summed E-state index contributed by atoms with van der Waals surface area (Å²) in [6, 6.07) is -3.72. The first-order valence-corrected chi connectivity index (χ1v) is 13.0. The van der Waals surface area contributed by atoms with Crippen LogP contribution in [0.25, 0.3) is 0 Å². The number of rotatable bonds is 11. The van der Waals surface area contributed by atoms with Crippen LogP contribution in [0.3, 0.4) is 0 Å². The van der Waals surface area contributed by atoms with E-state index in [-0.39, 0.29) is 0 Å². The minimum Gasteiger partial charge on any atom is -0.478 e. The Hall–Kier alpha value is -1.43. The van der Waals surface area contributed by atoms with Crippen LogP contribution in [-0.2, 0) is 28.5 Å². The molecule has 0 amide bonds. The second-order valence-corrected chi connectivity index (χ2v) is 10.2. The zero-order chi connectivity index (χ0) is 30.6. The predicted molar refractivity (Wildman–Crippen MR) is 132 cm³/mol. The Morgan fingerprint density at radius 2 is 1.32 bits per heavy atom. The van der Waals surface area contributed by atoms with Crippen molar-refractivity contribution in [1.29, 1.82) is 0 Å². The van der Waals surface area contributed by atoms with Gasteiger partial charge in [0.25, 0.3) is 0 Å². The number of carboxylic acid groups (broad SMARTS) is 1. The summed E-state index contributed by atoms with van der Waals surface area (Å²) in [6.45, 7) is -0.482. The van der Waals surface area contributed by atoms with Gasteiger partial charge in [-0.2, -0.15) is 0 Å². The molecule has 3 saturated heterocycles. The first-order valence-electron chi connectivity index (χ1n) is 13.0. The number of carboxylic acids is 1. The first kappa shape index (κ1) is 34.1. The highest BCUT2D eigenvalue weighted by molar-refractivity contribution is 5.79. The van der Waals surface area contributed by atoms with Gasteiger partial charge < -0.3 is 81.1 Å². The molecule has 18 heteroatoms. The Balaban J connectivity index is 1.73. The van der Waals surface area contributed by atoms with Crippen LogP contribution in [0.2, 0.25) is 0 Å². The number of carbonyl (C=O) groups is 1. The SMILES string of the molecule is C[C@@H]1OC(CO)[C@@H](O[C@@H]2OC(CO)[C@@H](O[C@@H]3OC(CO)[C@@H](O)[C@H](O)C3N)[C@H](O)C2N)[C@H](O)C1NC(O)C=CC(=O)O. The highest BCUT2D eigenvalue weighted by Gasteiger charge is 2.52. The van der Waals surface area contributed by atoms with Crippen molar-refractivity contribution < 1.29 is 74.4 Å². The van der Waals surface area contributed by atoms with Crippen LogP contribution in [0.4, 0.5) is 0 Å². The maximum absolute atomic E-state index is 11.1. The number of aliphatic carboxylic acids is 1. The number of ether oxygens (including phenoxy) is 5. The van der Waals surface area contributed by atoms with Gasteiger partial charge in [-0.25, -0.2) is 4.79 Å². The molecule has 3 heterocycles. The summed E-state index contributed by atoms with van der Waals surface area (Å²) in [4.78, 5) is 10.7. The number of hydrogen-bond acceptors (Lipinski definition) is 17.